The molecule has 2 rings (SSSR count). The molecule has 0 saturated carbocycles. The molecule has 4 nitrogen and oxygen atoms in total. The molecule has 1 aromatic rings. The summed E-state index contributed by atoms with van der Waals surface area (Å²) in [6.07, 6.45) is 0.341. The zero-order chi connectivity index (χ0) is 15.5. The summed E-state index contributed by atoms with van der Waals surface area (Å²) in [6, 6.07) is 8.08. The van der Waals surface area contributed by atoms with E-state index in [4.69, 9.17) is 0 Å². The van der Waals surface area contributed by atoms with Crippen LogP contribution < -0.4 is 5.32 Å². The van der Waals surface area contributed by atoms with Gasteiger partial charge in [-0.3, -0.25) is 9.59 Å². The smallest absolute Gasteiger partial charge is 0.245 e. The molecular weight excluding hydrogens is 284 g/mol. The molecule has 21 heavy (non-hydrogen) atoms. The number of thioether (sulfide) groups is 1. The molecule has 1 fully saturated rings. The van der Waals surface area contributed by atoms with E-state index in [0.29, 0.717) is 19.5 Å². The first-order chi connectivity index (χ1) is 9.95. The van der Waals surface area contributed by atoms with Crippen molar-refractivity contribution in [1.82, 2.24) is 10.2 Å². The minimum absolute atomic E-state index is 0.00532. The van der Waals surface area contributed by atoms with E-state index in [2.05, 4.69) is 12.2 Å². The van der Waals surface area contributed by atoms with Crippen LogP contribution in [0.15, 0.2) is 29.2 Å². The Morgan fingerprint density at radius 3 is 2.62 bits per heavy atom. The largest absolute Gasteiger partial charge is 0.352 e. The van der Waals surface area contributed by atoms with E-state index in [9.17, 15) is 9.59 Å². The van der Waals surface area contributed by atoms with Crippen molar-refractivity contribution in [3.05, 3.63) is 29.8 Å². The maximum absolute atomic E-state index is 12.5. The van der Waals surface area contributed by atoms with Gasteiger partial charge < -0.3 is 10.2 Å². The van der Waals surface area contributed by atoms with E-state index in [-0.39, 0.29) is 11.8 Å². The van der Waals surface area contributed by atoms with Crippen molar-refractivity contribution in [3.8, 4) is 0 Å². The summed E-state index contributed by atoms with van der Waals surface area (Å²) >= 11 is 1.78. The van der Waals surface area contributed by atoms with Crippen LogP contribution in [-0.4, -0.2) is 41.1 Å². The molecule has 0 bridgehead atoms. The van der Waals surface area contributed by atoms with Gasteiger partial charge in [-0.1, -0.05) is 19.1 Å². The van der Waals surface area contributed by atoms with Crippen molar-refractivity contribution in [3.63, 3.8) is 0 Å². The van der Waals surface area contributed by atoms with Gasteiger partial charge in [0.2, 0.25) is 11.8 Å². The molecular formula is C16H22N2O2S. The van der Waals surface area contributed by atoms with Crippen LogP contribution in [0.25, 0.3) is 0 Å². The van der Waals surface area contributed by atoms with Gasteiger partial charge >= 0.3 is 0 Å². The van der Waals surface area contributed by atoms with E-state index in [1.807, 2.05) is 24.3 Å². The van der Waals surface area contributed by atoms with Gasteiger partial charge in [0.1, 0.15) is 5.54 Å². The molecule has 0 aromatic heterocycles. The fraction of sp³-hybridized carbons (Fsp3) is 0.500. The molecule has 0 unspecified atom stereocenters. The minimum atomic E-state index is -0.770. The summed E-state index contributed by atoms with van der Waals surface area (Å²) in [5.41, 5.74) is 0.218. The number of carbonyl (C=O) groups excluding carboxylic acids is 2. The highest BCUT2D eigenvalue weighted by Crippen LogP contribution is 2.21. The van der Waals surface area contributed by atoms with Crippen LogP contribution in [0.4, 0.5) is 0 Å². The number of benzene rings is 1. The summed E-state index contributed by atoms with van der Waals surface area (Å²) in [4.78, 5) is 27.3. The fourth-order valence-corrected chi connectivity index (χ4v) is 3.14. The third kappa shape index (κ3) is 3.59. The monoisotopic (exact) mass is 306 g/mol. The van der Waals surface area contributed by atoms with Crippen LogP contribution in [0.2, 0.25) is 0 Å². The van der Waals surface area contributed by atoms with Crippen molar-refractivity contribution in [1.29, 1.82) is 0 Å². The lowest BCUT2D eigenvalue weighted by Crippen LogP contribution is -2.63. The average molecular weight is 306 g/mol. The van der Waals surface area contributed by atoms with Crippen molar-refractivity contribution in [2.24, 2.45) is 0 Å². The Hall–Kier alpha value is -1.49. The number of piperazine rings is 1. The van der Waals surface area contributed by atoms with Gasteiger partial charge in [-0.15, -0.1) is 11.8 Å². The summed E-state index contributed by atoms with van der Waals surface area (Å²) in [6.45, 7) is 6.80. The molecule has 0 atom stereocenters. The highest BCUT2D eigenvalue weighted by molar-refractivity contribution is 7.99. The number of hydrogen-bond acceptors (Lipinski definition) is 3. The summed E-state index contributed by atoms with van der Waals surface area (Å²) in [5.74, 6) is 0.956. The van der Waals surface area contributed by atoms with Gasteiger partial charge in [0.15, 0.2) is 0 Å². The quantitative estimate of drug-likeness (QED) is 0.867. The van der Waals surface area contributed by atoms with Gasteiger partial charge in [-0.05, 0) is 37.3 Å². The number of nitrogens with one attached hydrogen (secondary N) is 1. The number of rotatable bonds is 4. The molecule has 5 heteroatoms. The van der Waals surface area contributed by atoms with E-state index < -0.39 is 5.54 Å². The van der Waals surface area contributed by atoms with Crippen LogP contribution >= 0.6 is 11.8 Å². The first kappa shape index (κ1) is 15.9. The van der Waals surface area contributed by atoms with Crippen molar-refractivity contribution >= 4 is 23.6 Å². The molecule has 0 radical (unpaired) electrons. The maximum atomic E-state index is 12.5. The van der Waals surface area contributed by atoms with E-state index in [1.165, 1.54) is 4.90 Å². The standard InChI is InChI=1S/C16H22N2O2S/c1-4-21-13-7-5-12(6-8-13)11-14(19)18-10-9-17-15(20)16(18,2)3/h5-8H,4,9-11H2,1-3H3,(H,17,20). The highest BCUT2D eigenvalue weighted by Gasteiger charge is 2.40. The Bertz CT molecular complexity index is 526. The number of nitrogens with zero attached hydrogens (tertiary/aromatic N) is 1. The maximum Gasteiger partial charge on any atom is 0.245 e. The van der Waals surface area contributed by atoms with Gasteiger partial charge in [0, 0.05) is 18.0 Å². The molecule has 2 amide bonds. The topological polar surface area (TPSA) is 49.4 Å². The number of amides is 2. The summed E-state index contributed by atoms with van der Waals surface area (Å²) < 4.78 is 0. The van der Waals surface area contributed by atoms with Crippen molar-refractivity contribution < 1.29 is 9.59 Å². The molecule has 1 heterocycles. The zero-order valence-electron chi connectivity index (χ0n) is 12.8. The van der Waals surface area contributed by atoms with Gasteiger partial charge in [0.05, 0.1) is 6.42 Å². The van der Waals surface area contributed by atoms with E-state index >= 15 is 0 Å². The molecule has 1 aromatic carbocycles. The van der Waals surface area contributed by atoms with Crippen LogP contribution in [0, 0.1) is 0 Å². The second kappa shape index (κ2) is 6.52. The van der Waals surface area contributed by atoms with E-state index in [1.54, 1.807) is 30.5 Å². The minimum Gasteiger partial charge on any atom is -0.352 e. The second-order valence-corrected chi connectivity index (χ2v) is 6.95. The Kier molecular flexibility index (Phi) is 4.93. The summed E-state index contributed by atoms with van der Waals surface area (Å²) in [7, 11) is 0. The van der Waals surface area contributed by atoms with Crippen molar-refractivity contribution in [2.75, 3.05) is 18.8 Å². The average Bonchev–Trinajstić information content (AvgIpc) is 2.44. The first-order valence-electron chi connectivity index (χ1n) is 7.25. The fourth-order valence-electron chi connectivity index (χ4n) is 2.48. The van der Waals surface area contributed by atoms with Crippen LogP contribution in [0.1, 0.15) is 26.3 Å². The molecule has 1 aliphatic heterocycles. The van der Waals surface area contributed by atoms with Gasteiger partial charge in [-0.25, -0.2) is 0 Å². The van der Waals surface area contributed by atoms with Gasteiger partial charge in [0.25, 0.3) is 0 Å². The van der Waals surface area contributed by atoms with Crippen molar-refractivity contribution in [2.45, 2.75) is 37.6 Å². The number of carbonyl (C=O) groups is 2. The number of hydrogen-bond donors (Lipinski definition) is 1. The second-order valence-electron chi connectivity index (χ2n) is 5.61. The predicted octanol–water partition coefficient (Wildman–Crippen LogP) is 2.08. The molecule has 1 aliphatic rings. The van der Waals surface area contributed by atoms with Crippen LogP contribution in [-0.2, 0) is 16.0 Å². The Balaban J connectivity index is 2.05. The first-order valence-corrected chi connectivity index (χ1v) is 8.24. The Morgan fingerprint density at radius 1 is 1.33 bits per heavy atom. The molecule has 114 valence electrons. The van der Waals surface area contributed by atoms with E-state index in [0.717, 1.165) is 11.3 Å². The lowest BCUT2D eigenvalue weighted by molar-refractivity contribution is -0.148. The van der Waals surface area contributed by atoms with Crippen LogP contribution in [0.5, 0.6) is 0 Å². The SMILES string of the molecule is CCSc1ccc(CC(=O)N2CCNC(=O)C2(C)C)cc1. The van der Waals surface area contributed by atoms with Crippen LogP contribution in [0.3, 0.4) is 0 Å². The normalized spacial score (nSPS) is 17.5. The molecule has 1 N–H and O–H groups in total. The Morgan fingerprint density at radius 2 is 2.00 bits per heavy atom. The predicted molar refractivity (Wildman–Crippen MR) is 85.3 cm³/mol. The third-order valence-corrected chi connectivity index (χ3v) is 4.64. The lowest BCUT2D eigenvalue weighted by Gasteiger charge is -2.41. The highest BCUT2D eigenvalue weighted by atomic mass is 32.2. The zero-order valence-corrected chi connectivity index (χ0v) is 13.6. The molecule has 0 spiro atoms. The molecule has 1 saturated heterocycles. The lowest BCUT2D eigenvalue weighted by atomic mass is 9.97. The van der Waals surface area contributed by atoms with Gasteiger partial charge in [-0.2, -0.15) is 0 Å². The summed E-state index contributed by atoms with van der Waals surface area (Å²) in [5, 5.41) is 2.81. The Labute approximate surface area is 130 Å². The third-order valence-electron chi connectivity index (χ3n) is 3.74. The molecule has 0 aliphatic carbocycles.